The first-order valence-corrected chi connectivity index (χ1v) is 13.2. The summed E-state index contributed by atoms with van der Waals surface area (Å²) in [5.74, 6) is 1.55. The lowest BCUT2D eigenvalue weighted by molar-refractivity contribution is 0.267. The van der Waals surface area contributed by atoms with Gasteiger partial charge in [-0.2, -0.15) is 4.31 Å². The molecule has 3 aromatic rings. The molecule has 0 radical (unpaired) electrons. The van der Waals surface area contributed by atoms with Crippen molar-refractivity contribution in [3.63, 3.8) is 0 Å². The summed E-state index contributed by atoms with van der Waals surface area (Å²) in [7, 11) is -3.57. The number of hydrogen-bond acceptors (Lipinski definition) is 5. The molecular weight excluding hydrogens is 460 g/mol. The van der Waals surface area contributed by atoms with Gasteiger partial charge in [-0.15, -0.1) is 0 Å². The predicted molar refractivity (Wildman–Crippen MR) is 134 cm³/mol. The number of allylic oxidation sites excluding steroid dienone is 3. The molecular formula is C28H26N2O4S. The minimum Gasteiger partial charge on any atom is -0.492 e. The van der Waals surface area contributed by atoms with Crippen LogP contribution in [-0.4, -0.2) is 43.9 Å². The Morgan fingerprint density at radius 3 is 2.49 bits per heavy atom. The molecule has 0 saturated heterocycles. The van der Waals surface area contributed by atoms with Crippen LogP contribution in [0, 0.1) is 0 Å². The van der Waals surface area contributed by atoms with Crippen LogP contribution < -0.4 is 4.74 Å². The number of ether oxygens (including phenoxy) is 1. The second kappa shape index (κ2) is 8.91. The van der Waals surface area contributed by atoms with Crippen molar-refractivity contribution in [1.82, 2.24) is 9.21 Å². The van der Waals surface area contributed by atoms with Crippen molar-refractivity contribution in [1.29, 1.82) is 0 Å². The molecule has 35 heavy (non-hydrogen) atoms. The molecule has 1 aromatic heterocycles. The molecule has 2 aliphatic heterocycles. The van der Waals surface area contributed by atoms with Crippen LogP contribution in [0.3, 0.4) is 0 Å². The standard InChI is InChI=1S/C28H26N2O4S/c31-35(32,30-14-12-23-13-16-34-28(23)20-30)27-10-6-22(7-11-27)21-4-8-26(9-5-21)33-17-15-29-18-24-2-1-3-25(24)19-29/h1-11,13,16,18H,12,14-15,17,19-20H2. The number of rotatable bonds is 7. The molecule has 178 valence electrons. The molecule has 6 nitrogen and oxygen atoms in total. The summed E-state index contributed by atoms with van der Waals surface area (Å²) in [4.78, 5) is 2.56. The van der Waals surface area contributed by atoms with E-state index in [1.807, 2.05) is 42.5 Å². The van der Waals surface area contributed by atoms with Gasteiger partial charge in [-0.05, 0) is 64.6 Å². The Labute approximate surface area is 205 Å². The van der Waals surface area contributed by atoms with Crippen LogP contribution in [0.1, 0.15) is 11.3 Å². The molecule has 0 N–H and O–H groups in total. The van der Waals surface area contributed by atoms with Crippen molar-refractivity contribution in [3.05, 3.63) is 108 Å². The van der Waals surface area contributed by atoms with Crippen LogP contribution in [-0.2, 0) is 23.0 Å². The molecule has 0 fully saturated rings. The fraction of sp³-hybridized carbons (Fsp3) is 0.214. The normalized spacial score (nSPS) is 17.2. The van der Waals surface area contributed by atoms with Gasteiger partial charge in [0, 0.05) is 19.3 Å². The van der Waals surface area contributed by atoms with Crippen LogP contribution >= 0.6 is 0 Å². The van der Waals surface area contributed by atoms with Gasteiger partial charge in [0.2, 0.25) is 10.0 Å². The molecule has 6 rings (SSSR count). The van der Waals surface area contributed by atoms with E-state index in [4.69, 9.17) is 9.15 Å². The van der Waals surface area contributed by atoms with Gasteiger partial charge in [-0.25, -0.2) is 8.42 Å². The van der Waals surface area contributed by atoms with Crippen molar-refractivity contribution in [2.24, 2.45) is 0 Å². The van der Waals surface area contributed by atoms with Crippen molar-refractivity contribution in [2.45, 2.75) is 17.9 Å². The molecule has 3 aliphatic rings. The molecule has 7 heteroatoms. The summed E-state index contributed by atoms with van der Waals surface area (Å²) in [6.45, 7) is 3.13. The van der Waals surface area contributed by atoms with Gasteiger partial charge in [-0.3, -0.25) is 0 Å². The zero-order valence-electron chi connectivity index (χ0n) is 19.3. The van der Waals surface area contributed by atoms with Gasteiger partial charge in [0.15, 0.2) is 0 Å². The maximum Gasteiger partial charge on any atom is 0.243 e. The largest absolute Gasteiger partial charge is 0.492 e. The van der Waals surface area contributed by atoms with Crippen LogP contribution in [0.25, 0.3) is 11.1 Å². The van der Waals surface area contributed by atoms with Gasteiger partial charge in [-0.1, -0.05) is 42.5 Å². The Morgan fingerprint density at radius 2 is 1.71 bits per heavy atom. The number of nitrogens with zero attached hydrogens (tertiary/aromatic N) is 2. The maximum atomic E-state index is 13.1. The maximum absolute atomic E-state index is 13.1. The van der Waals surface area contributed by atoms with E-state index in [0.29, 0.717) is 24.5 Å². The van der Waals surface area contributed by atoms with Crippen LogP contribution in [0.2, 0.25) is 0 Å². The number of fused-ring (bicyclic) bond motifs is 2. The van der Waals surface area contributed by atoms with Crippen molar-refractivity contribution in [2.75, 3.05) is 26.2 Å². The average molecular weight is 487 g/mol. The van der Waals surface area contributed by atoms with Crippen molar-refractivity contribution >= 4 is 10.0 Å². The molecule has 0 atom stereocenters. The molecule has 0 bridgehead atoms. The van der Waals surface area contributed by atoms with Crippen LogP contribution in [0.5, 0.6) is 5.75 Å². The quantitative estimate of drug-likeness (QED) is 0.482. The Kier molecular flexibility index (Phi) is 5.59. The van der Waals surface area contributed by atoms with E-state index < -0.39 is 10.0 Å². The Hall–Kier alpha value is -3.55. The highest BCUT2D eigenvalue weighted by Crippen LogP contribution is 2.29. The molecule has 2 aromatic carbocycles. The van der Waals surface area contributed by atoms with Gasteiger partial charge in [0.25, 0.3) is 0 Å². The second-order valence-electron chi connectivity index (χ2n) is 8.96. The highest BCUT2D eigenvalue weighted by molar-refractivity contribution is 7.89. The fourth-order valence-electron chi connectivity index (χ4n) is 4.76. The van der Waals surface area contributed by atoms with Gasteiger partial charge in [0.1, 0.15) is 18.1 Å². The minimum atomic E-state index is -3.57. The average Bonchev–Trinajstić information content (AvgIpc) is 3.61. The SMILES string of the molecule is O=S(=O)(c1ccc(-c2ccc(OCCN3C=C4C=CC=C4C3)cc2)cc1)N1CCc2ccoc2C1. The van der Waals surface area contributed by atoms with E-state index in [1.54, 1.807) is 18.4 Å². The highest BCUT2D eigenvalue weighted by Gasteiger charge is 2.29. The lowest BCUT2D eigenvalue weighted by atomic mass is 10.1. The second-order valence-corrected chi connectivity index (χ2v) is 10.9. The van der Waals surface area contributed by atoms with E-state index in [9.17, 15) is 8.42 Å². The third kappa shape index (κ3) is 4.33. The summed E-state index contributed by atoms with van der Waals surface area (Å²) in [6.07, 6.45) is 10.9. The van der Waals surface area contributed by atoms with E-state index >= 15 is 0 Å². The lowest BCUT2D eigenvalue weighted by Crippen LogP contribution is -2.35. The van der Waals surface area contributed by atoms with Crippen LogP contribution in [0.4, 0.5) is 0 Å². The summed E-state index contributed by atoms with van der Waals surface area (Å²) >= 11 is 0. The number of furan rings is 1. The Balaban J connectivity index is 1.07. The number of hydrogen-bond donors (Lipinski definition) is 0. The van der Waals surface area contributed by atoms with E-state index in [2.05, 4.69) is 29.3 Å². The Morgan fingerprint density at radius 1 is 0.943 bits per heavy atom. The van der Waals surface area contributed by atoms with Gasteiger partial charge >= 0.3 is 0 Å². The summed E-state index contributed by atoms with van der Waals surface area (Å²) in [5, 5.41) is 0. The molecule has 1 aliphatic carbocycles. The summed E-state index contributed by atoms with van der Waals surface area (Å²) < 4.78 is 39.1. The van der Waals surface area contributed by atoms with Crippen LogP contribution in [0.15, 0.2) is 106 Å². The zero-order chi connectivity index (χ0) is 23.8. The minimum absolute atomic E-state index is 0.276. The molecule has 0 unspecified atom stereocenters. The van der Waals surface area contributed by atoms with Crippen molar-refractivity contribution in [3.8, 4) is 16.9 Å². The van der Waals surface area contributed by atoms with Crippen molar-refractivity contribution < 1.29 is 17.6 Å². The zero-order valence-corrected chi connectivity index (χ0v) is 20.1. The molecule has 3 heterocycles. The third-order valence-corrected chi connectivity index (χ3v) is 8.61. The number of benzene rings is 2. The van der Waals surface area contributed by atoms with E-state index in [0.717, 1.165) is 41.3 Å². The fourth-order valence-corrected chi connectivity index (χ4v) is 6.15. The first-order chi connectivity index (χ1) is 17.1. The first-order valence-electron chi connectivity index (χ1n) is 11.8. The summed E-state index contributed by atoms with van der Waals surface area (Å²) in [6, 6.07) is 16.9. The first kappa shape index (κ1) is 21.9. The number of sulfonamides is 1. The summed E-state index contributed by atoms with van der Waals surface area (Å²) in [5.41, 5.74) is 5.73. The molecule has 0 spiro atoms. The third-order valence-electron chi connectivity index (χ3n) is 6.75. The van der Waals surface area contributed by atoms with E-state index in [1.165, 1.54) is 15.5 Å². The van der Waals surface area contributed by atoms with Gasteiger partial charge in [0.05, 0.1) is 24.2 Å². The van der Waals surface area contributed by atoms with Gasteiger partial charge < -0.3 is 14.1 Å². The highest BCUT2D eigenvalue weighted by atomic mass is 32.2. The monoisotopic (exact) mass is 486 g/mol. The Bertz CT molecular complexity index is 1430. The smallest absolute Gasteiger partial charge is 0.243 e. The van der Waals surface area contributed by atoms with E-state index in [-0.39, 0.29) is 6.54 Å². The molecule has 0 saturated carbocycles. The molecule has 0 amide bonds. The predicted octanol–water partition coefficient (Wildman–Crippen LogP) is 4.77. The topological polar surface area (TPSA) is 63.0 Å². The lowest BCUT2D eigenvalue weighted by Gasteiger charge is -2.25.